The zero-order valence-electron chi connectivity index (χ0n) is 13.9. The van der Waals surface area contributed by atoms with Gasteiger partial charge in [-0.2, -0.15) is 0 Å². The molecular formula is C17H34N2O. The molecule has 1 fully saturated rings. The lowest BCUT2D eigenvalue weighted by Gasteiger charge is -2.41. The Hall–Kier alpha value is -0.570. The molecule has 0 aromatic rings. The molecule has 118 valence electrons. The van der Waals surface area contributed by atoms with Crippen molar-refractivity contribution in [1.29, 1.82) is 0 Å². The van der Waals surface area contributed by atoms with Gasteiger partial charge in [-0.1, -0.05) is 33.6 Å². The van der Waals surface area contributed by atoms with Crippen molar-refractivity contribution in [2.24, 2.45) is 23.5 Å². The van der Waals surface area contributed by atoms with Gasteiger partial charge in [0.05, 0.1) is 0 Å². The Kier molecular flexibility index (Phi) is 7.57. The lowest BCUT2D eigenvalue weighted by molar-refractivity contribution is -0.137. The standard InChI is InChI=1S/C17H34N2O/c1-5-6-16(9-10-18)7-8-17(20)19-12-13(2)11-14(3)15(19)4/h13-16H,5-12,18H2,1-4H3. The van der Waals surface area contributed by atoms with Crippen LogP contribution in [0.4, 0.5) is 0 Å². The molecule has 0 saturated carbocycles. The zero-order chi connectivity index (χ0) is 15.1. The van der Waals surface area contributed by atoms with E-state index >= 15 is 0 Å². The van der Waals surface area contributed by atoms with Crippen LogP contribution in [-0.4, -0.2) is 29.9 Å². The number of nitrogens with two attached hydrogens (primary N) is 1. The lowest BCUT2D eigenvalue weighted by atomic mass is 9.85. The van der Waals surface area contributed by atoms with Gasteiger partial charge in [-0.25, -0.2) is 0 Å². The van der Waals surface area contributed by atoms with E-state index < -0.39 is 0 Å². The quantitative estimate of drug-likeness (QED) is 0.777. The summed E-state index contributed by atoms with van der Waals surface area (Å²) in [6, 6.07) is 0.401. The highest BCUT2D eigenvalue weighted by atomic mass is 16.2. The molecule has 3 nitrogen and oxygen atoms in total. The number of carbonyl (C=O) groups is 1. The van der Waals surface area contributed by atoms with Gasteiger partial charge in [-0.3, -0.25) is 4.79 Å². The van der Waals surface area contributed by atoms with Crippen molar-refractivity contribution in [1.82, 2.24) is 4.90 Å². The van der Waals surface area contributed by atoms with Gasteiger partial charge in [0.25, 0.3) is 0 Å². The monoisotopic (exact) mass is 282 g/mol. The molecule has 4 unspecified atom stereocenters. The highest BCUT2D eigenvalue weighted by Gasteiger charge is 2.31. The van der Waals surface area contributed by atoms with Crippen LogP contribution in [0, 0.1) is 17.8 Å². The molecule has 1 aliphatic heterocycles. The number of rotatable bonds is 7. The number of hydrogen-bond donors (Lipinski definition) is 1. The van der Waals surface area contributed by atoms with Gasteiger partial charge in [-0.15, -0.1) is 0 Å². The molecule has 0 bridgehead atoms. The van der Waals surface area contributed by atoms with Crippen LogP contribution in [0.3, 0.4) is 0 Å². The van der Waals surface area contributed by atoms with Gasteiger partial charge < -0.3 is 10.6 Å². The average Bonchev–Trinajstić information content (AvgIpc) is 2.40. The molecule has 0 aliphatic carbocycles. The minimum absolute atomic E-state index is 0.356. The zero-order valence-corrected chi connectivity index (χ0v) is 13.9. The van der Waals surface area contributed by atoms with Gasteiger partial charge in [-0.05, 0) is 50.5 Å². The molecule has 20 heavy (non-hydrogen) atoms. The van der Waals surface area contributed by atoms with Crippen molar-refractivity contribution < 1.29 is 4.79 Å². The summed E-state index contributed by atoms with van der Waals surface area (Å²) in [7, 11) is 0. The van der Waals surface area contributed by atoms with Gasteiger partial charge in [0, 0.05) is 19.0 Å². The van der Waals surface area contributed by atoms with E-state index in [2.05, 4.69) is 32.6 Å². The van der Waals surface area contributed by atoms with Crippen LogP contribution in [0.2, 0.25) is 0 Å². The average molecular weight is 282 g/mol. The molecule has 0 aromatic carbocycles. The molecule has 3 heteroatoms. The fourth-order valence-electron chi connectivity index (χ4n) is 3.59. The normalized spacial score (nSPS) is 28.4. The van der Waals surface area contributed by atoms with Crippen molar-refractivity contribution in [2.45, 2.75) is 72.3 Å². The minimum atomic E-state index is 0.356. The summed E-state index contributed by atoms with van der Waals surface area (Å²) in [6.45, 7) is 10.6. The van der Waals surface area contributed by atoms with Gasteiger partial charge >= 0.3 is 0 Å². The van der Waals surface area contributed by atoms with Crippen molar-refractivity contribution in [2.75, 3.05) is 13.1 Å². The first-order valence-electron chi connectivity index (χ1n) is 8.49. The Bertz CT molecular complexity index is 287. The Morgan fingerprint density at radius 1 is 1.25 bits per heavy atom. The van der Waals surface area contributed by atoms with E-state index in [1.54, 1.807) is 0 Å². The molecule has 2 N–H and O–H groups in total. The van der Waals surface area contributed by atoms with Crippen molar-refractivity contribution in [3.63, 3.8) is 0 Å². The minimum Gasteiger partial charge on any atom is -0.339 e. The van der Waals surface area contributed by atoms with E-state index in [-0.39, 0.29) is 0 Å². The van der Waals surface area contributed by atoms with E-state index in [0.717, 1.165) is 25.9 Å². The van der Waals surface area contributed by atoms with Crippen molar-refractivity contribution in [3.8, 4) is 0 Å². The number of nitrogens with zero attached hydrogens (tertiary/aromatic N) is 1. The summed E-state index contributed by atoms with van der Waals surface area (Å²) in [5.41, 5.74) is 5.67. The number of hydrogen-bond acceptors (Lipinski definition) is 2. The molecule has 1 aliphatic rings. The summed E-state index contributed by atoms with van der Waals surface area (Å²) >= 11 is 0. The molecule has 0 aromatic heterocycles. The smallest absolute Gasteiger partial charge is 0.222 e. The van der Waals surface area contributed by atoms with Crippen molar-refractivity contribution >= 4 is 5.91 Å². The van der Waals surface area contributed by atoms with Crippen LogP contribution in [-0.2, 0) is 4.79 Å². The Labute approximate surface area is 125 Å². The predicted molar refractivity (Wildman–Crippen MR) is 85.4 cm³/mol. The maximum Gasteiger partial charge on any atom is 0.222 e. The number of amides is 1. The van der Waals surface area contributed by atoms with Gasteiger partial charge in [0.2, 0.25) is 5.91 Å². The molecule has 1 saturated heterocycles. The number of carbonyl (C=O) groups excluding carboxylic acids is 1. The van der Waals surface area contributed by atoms with Crippen LogP contribution < -0.4 is 5.73 Å². The molecule has 1 rings (SSSR count). The summed E-state index contributed by atoms with van der Waals surface area (Å²) in [6.07, 6.45) is 6.41. The molecular weight excluding hydrogens is 248 g/mol. The van der Waals surface area contributed by atoms with E-state index in [0.29, 0.717) is 36.1 Å². The summed E-state index contributed by atoms with van der Waals surface area (Å²) < 4.78 is 0. The summed E-state index contributed by atoms with van der Waals surface area (Å²) in [5, 5.41) is 0. The number of likely N-dealkylation sites (tertiary alicyclic amines) is 1. The predicted octanol–water partition coefficient (Wildman–Crippen LogP) is 3.42. The van der Waals surface area contributed by atoms with E-state index in [1.165, 1.54) is 19.3 Å². The third kappa shape index (κ3) is 5.08. The molecule has 1 heterocycles. The fourth-order valence-corrected chi connectivity index (χ4v) is 3.59. The Morgan fingerprint density at radius 3 is 2.55 bits per heavy atom. The van der Waals surface area contributed by atoms with Crippen LogP contribution in [0.1, 0.15) is 66.2 Å². The molecule has 1 amide bonds. The highest BCUT2D eigenvalue weighted by molar-refractivity contribution is 5.76. The van der Waals surface area contributed by atoms with Gasteiger partial charge in [0.15, 0.2) is 0 Å². The lowest BCUT2D eigenvalue weighted by Crippen LogP contribution is -2.48. The SMILES string of the molecule is CCCC(CCN)CCC(=O)N1CC(C)CC(C)C1C. The second-order valence-electron chi connectivity index (χ2n) is 6.88. The first kappa shape index (κ1) is 17.5. The molecule has 0 radical (unpaired) electrons. The van der Waals surface area contributed by atoms with E-state index in [9.17, 15) is 4.79 Å². The Morgan fingerprint density at radius 2 is 1.95 bits per heavy atom. The van der Waals surface area contributed by atoms with E-state index in [4.69, 9.17) is 5.73 Å². The molecule has 0 spiro atoms. The topological polar surface area (TPSA) is 46.3 Å². The third-order valence-electron chi connectivity index (χ3n) is 4.96. The number of piperidine rings is 1. The maximum atomic E-state index is 12.5. The maximum absolute atomic E-state index is 12.5. The second-order valence-corrected chi connectivity index (χ2v) is 6.88. The molecule has 4 atom stereocenters. The van der Waals surface area contributed by atoms with Crippen LogP contribution >= 0.6 is 0 Å². The third-order valence-corrected chi connectivity index (χ3v) is 4.96. The van der Waals surface area contributed by atoms with Crippen LogP contribution in [0.25, 0.3) is 0 Å². The van der Waals surface area contributed by atoms with E-state index in [1.807, 2.05) is 0 Å². The summed E-state index contributed by atoms with van der Waals surface area (Å²) in [4.78, 5) is 14.6. The van der Waals surface area contributed by atoms with Crippen molar-refractivity contribution in [3.05, 3.63) is 0 Å². The first-order valence-corrected chi connectivity index (χ1v) is 8.49. The fraction of sp³-hybridized carbons (Fsp3) is 0.941. The highest BCUT2D eigenvalue weighted by Crippen LogP contribution is 2.28. The van der Waals surface area contributed by atoms with Crippen LogP contribution in [0.15, 0.2) is 0 Å². The van der Waals surface area contributed by atoms with Gasteiger partial charge in [0.1, 0.15) is 0 Å². The first-order chi connectivity index (χ1) is 9.49. The van der Waals surface area contributed by atoms with Crippen LogP contribution in [0.5, 0.6) is 0 Å². The largest absolute Gasteiger partial charge is 0.339 e. The summed E-state index contributed by atoms with van der Waals surface area (Å²) in [5.74, 6) is 2.25. The Balaban J connectivity index is 2.47. The second kappa shape index (κ2) is 8.66.